The molecule has 2 fully saturated rings. The highest BCUT2D eigenvalue weighted by molar-refractivity contribution is 7.91. The lowest BCUT2D eigenvalue weighted by atomic mass is 9.94. The largest absolute Gasteiger partial charge is 0.338 e. The van der Waals surface area contributed by atoms with Crippen molar-refractivity contribution in [2.75, 3.05) is 18.1 Å². The molecule has 2 heterocycles. The minimum atomic E-state index is -2.81. The Morgan fingerprint density at radius 3 is 2.52 bits per heavy atom. The quantitative estimate of drug-likeness (QED) is 0.840. The molecule has 2 saturated heterocycles. The Morgan fingerprint density at radius 1 is 1.20 bits per heavy atom. The molecule has 1 aromatic carbocycles. The third kappa shape index (κ3) is 4.82. The van der Waals surface area contributed by atoms with Gasteiger partial charge in [-0.15, -0.1) is 0 Å². The molecule has 138 valence electrons. The highest BCUT2D eigenvalue weighted by atomic mass is 32.2. The van der Waals surface area contributed by atoms with Crippen molar-refractivity contribution in [3.8, 4) is 0 Å². The molecule has 0 bridgehead atoms. The van der Waals surface area contributed by atoms with E-state index in [-0.39, 0.29) is 11.9 Å². The van der Waals surface area contributed by atoms with Gasteiger partial charge in [0.05, 0.1) is 11.5 Å². The molecule has 5 nitrogen and oxygen atoms in total. The molecule has 3 rings (SSSR count). The molecule has 1 amide bonds. The maximum atomic E-state index is 11.9. The number of carbonyl (C=O) groups is 1. The van der Waals surface area contributed by atoms with Crippen molar-refractivity contribution in [2.24, 2.45) is 5.92 Å². The molecular formula is C19H28N2O3S. The fourth-order valence-corrected chi connectivity index (χ4v) is 5.33. The molecule has 1 atom stereocenters. The second-order valence-corrected chi connectivity index (χ2v) is 9.65. The second-order valence-electron chi connectivity index (χ2n) is 7.35. The van der Waals surface area contributed by atoms with Gasteiger partial charge in [-0.2, -0.15) is 0 Å². The summed E-state index contributed by atoms with van der Waals surface area (Å²) in [6.45, 7) is 4.44. The molecule has 0 radical (unpaired) electrons. The average Bonchev–Trinajstić information content (AvgIpc) is 2.99. The summed E-state index contributed by atoms with van der Waals surface area (Å²) in [5.41, 5.74) is 2.42. The summed E-state index contributed by atoms with van der Waals surface area (Å²) < 4.78 is 23.2. The molecule has 2 aliphatic heterocycles. The number of hydrogen-bond donors (Lipinski definition) is 1. The zero-order chi connectivity index (χ0) is 17.9. The first-order valence-corrected chi connectivity index (χ1v) is 11.0. The van der Waals surface area contributed by atoms with Gasteiger partial charge in [0, 0.05) is 32.1 Å². The lowest BCUT2D eigenvalue weighted by Gasteiger charge is -2.29. The van der Waals surface area contributed by atoms with E-state index in [1.165, 1.54) is 11.1 Å². The van der Waals surface area contributed by atoms with E-state index in [0.29, 0.717) is 30.4 Å². The van der Waals surface area contributed by atoms with Crippen LogP contribution < -0.4 is 5.32 Å². The van der Waals surface area contributed by atoms with E-state index >= 15 is 0 Å². The molecule has 2 aliphatic rings. The highest BCUT2D eigenvalue weighted by Gasteiger charge is 2.27. The van der Waals surface area contributed by atoms with Crippen LogP contribution >= 0.6 is 0 Å². The standard InChI is InChI=1S/C19H28N2O3S/c1-15(16-8-11-25(23,24)12-9-16)20-13-17-5-2-3-6-18(17)14-21-10-4-7-19(21)22/h2-3,5-6,15-16,20H,4,7-14H2,1H3. The van der Waals surface area contributed by atoms with Gasteiger partial charge >= 0.3 is 0 Å². The van der Waals surface area contributed by atoms with Crippen molar-refractivity contribution in [3.05, 3.63) is 35.4 Å². The number of amides is 1. The van der Waals surface area contributed by atoms with E-state index in [0.717, 1.165) is 32.4 Å². The average molecular weight is 365 g/mol. The van der Waals surface area contributed by atoms with Crippen LogP contribution in [0.15, 0.2) is 24.3 Å². The fraction of sp³-hybridized carbons (Fsp3) is 0.632. The Kier molecular flexibility index (Phi) is 5.79. The number of carbonyl (C=O) groups excluding carboxylic acids is 1. The van der Waals surface area contributed by atoms with Crippen LogP contribution in [0, 0.1) is 5.92 Å². The molecule has 6 heteroatoms. The molecule has 1 unspecified atom stereocenters. The fourth-order valence-electron chi connectivity index (χ4n) is 3.81. The first kappa shape index (κ1) is 18.4. The summed E-state index contributed by atoms with van der Waals surface area (Å²) in [5.74, 6) is 1.30. The number of likely N-dealkylation sites (tertiary alicyclic amines) is 1. The third-order valence-electron chi connectivity index (χ3n) is 5.57. The van der Waals surface area contributed by atoms with E-state index in [4.69, 9.17) is 0 Å². The lowest BCUT2D eigenvalue weighted by Crippen LogP contribution is -2.38. The van der Waals surface area contributed by atoms with Gasteiger partial charge < -0.3 is 10.2 Å². The van der Waals surface area contributed by atoms with Gasteiger partial charge in [-0.25, -0.2) is 8.42 Å². The Labute approximate surface area is 150 Å². The van der Waals surface area contributed by atoms with E-state index in [1.807, 2.05) is 17.0 Å². The Bertz CT molecular complexity index is 703. The molecular weight excluding hydrogens is 336 g/mol. The predicted molar refractivity (Wildman–Crippen MR) is 98.8 cm³/mol. The number of hydrogen-bond acceptors (Lipinski definition) is 4. The van der Waals surface area contributed by atoms with Crippen molar-refractivity contribution in [2.45, 2.75) is 51.7 Å². The molecule has 1 N–H and O–H groups in total. The molecule has 0 saturated carbocycles. The molecule has 25 heavy (non-hydrogen) atoms. The molecule has 0 aliphatic carbocycles. The zero-order valence-electron chi connectivity index (χ0n) is 14.9. The van der Waals surface area contributed by atoms with Crippen LogP contribution in [0.2, 0.25) is 0 Å². The number of sulfone groups is 1. The monoisotopic (exact) mass is 364 g/mol. The summed E-state index contributed by atoms with van der Waals surface area (Å²) in [6.07, 6.45) is 3.13. The van der Waals surface area contributed by atoms with Crippen LogP contribution in [0.25, 0.3) is 0 Å². The van der Waals surface area contributed by atoms with Crippen LogP contribution in [-0.2, 0) is 27.7 Å². The van der Waals surface area contributed by atoms with Gasteiger partial charge in [0.15, 0.2) is 0 Å². The molecule has 0 aromatic heterocycles. The summed E-state index contributed by atoms with van der Waals surface area (Å²) in [7, 11) is -2.81. The number of rotatable bonds is 6. The summed E-state index contributed by atoms with van der Waals surface area (Å²) in [4.78, 5) is 13.8. The van der Waals surface area contributed by atoms with E-state index in [1.54, 1.807) is 0 Å². The number of nitrogens with zero attached hydrogens (tertiary/aromatic N) is 1. The summed E-state index contributed by atoms with van der Waals surface area (Å²) in [5, 5.41) is 3.57. The molecule has 1 aromatic rings. The minimum absolute atomic E-state index is 0.250. The van der Waals surface area contributed by atoms with Gasteiger partial charge in [0.1, 0.15) is 9.84 Å². The highest BCUT2D eigenvalue weighted by Crippen LogP contribution is 2.23. The third-order valence-corrected chi connectivity index (χ3v) is 7.29. The first-order chi connectivity index (χ1) is 11.9. The van der Waals surface area contributed by atoms with Gasteiger partial charge in [0.25, 0.3) is 0 Å². The second kappa shape index (κ2) is 7.87. The van der Waals surface area contributed by atoms with Crippen molar-refractivity contribution in [1.82, 2.24) is 10.2 Å². The summed E-state index contributed by atoms with van der Waals surface area (Å²) in [6, 6.07) is 8.55. The minimum Gasteiger partial charge on any atom is -0.338 e. The number of nitrogens with one attached hydrogen (secondary N) is 1. The lowest BCUT2D eigenvalue weighted by molar-refractivity contribution is -0.128. The van der Waals surface area contributed by atoms with Crippen molar-refractivity contribution in [1.29, 1.82) is 0 Å². The maximum Gasteiger partial charge on any atom is 0.222 e. The van der Waals surface area contributed by atoms with Crippen LogP contribution in [0.4, 0.5) is 0 Å². The van der Waals surface area contributed by atoms with Crippen LogP contribution in [-0.4, -0.2) is 43.3 Å². The SMILES string of the molecule is CC(NCc1ccccc1CN1CCCC1=O)C1CCS(=O)(=O)CC1. The van der Waals surface area contributed by atoms with Crippen molar-refractivity contribution < 1.29 is 13.2 Å². The van der Waals surface area contributed by atoms with Crippen LogP contribution in [0.1, 0.15) is 43.7 Å². The number of benzene rings is 1. The van der Waals surface area contributed by atoms with E-state index in [9.17, 15) is 13.2 Å². The Hall–Kier alpha value is -1.40. The van der Waals surface area contributed by atoms with Gasteiger partial charge in [-0.05, 0) is 43.2 Å². The topological polar surface area (TPSA) is 66.5 Å². The normalized spacial score (nSPS) is 22.3. The van der Waals surface area contributed by atoms with Gasteiger partial charge in [-0.1, -0.05) is 24.3 Å². The van der Waals surface area contributed by atoms with Crippen molar-refractivity contribution in [3.63, 3.8) is 0 Å². The van der Waals surface area contributed by atoms with E-state index in [2.05, 4.69) is 24.4 Å². The van der Waals surface area contributed by atoms with E-state index < -0.39 is 9.84 Å². The smallest absolute Gasteiger partial charge is 0.222 e. The first-order valence-electron chi connectivity index (χ1n) is 9.23. The Morgan fingerprint density at radius 2 is 1.88 bits per heavy atom. The van der Waals surface area contributed by atoms with Gasteiger partial charge in [-0.3, -0.25) is 4.79 Å². The zero-order valence-corrected chi connectivity index (χ0v) is 15.7. The van der Waals surface area contributed by atoms with Crippen LogP contribution in [0.5, 0.6) is 0 Å². The molecule has 0 spiro atoms. The maximum absolute atomic E-state index is 11.9. The van der Waals surface area contributed by atoms with Crippen LogP contribution in [0.3, 0.4) is 0 Å². The Balaban J connectivity index is 1.57. The summed E-state index contributed by atoms with van der Waals surface area (Å²) >= 11 is 0. The van der Waals surface area contributed by atoms with Gasteiger partial charge in [0.2, 0.25) is 5.91 Å². The predicted octanol–water partition coefficient (Wildman–Crippen LogP) is 2.11. The van der Waals surface area contributed by atoms with Crippen molar-refractivity contribution >= 4 is 15.7 Å².